The van der Waals surface area contributed by atoms with Crippen LogP contribution in [0.25, 0.3) is 10.8 Å². The molecule has 0 spiro atoms. The van der Waals surface area contributed by atoms with Crippen molar-refractivity contribution in [1.82, 2.24) is 4.72 Å². The van der Waals surface area contributed by atoms with Crippen LogP contribution in [0.5, 0.6) is 0 Å². The maximum atomic E-state index is 12.8. The molecule has 5 nitrogen and oxygen atoms in total. The lowest BCUT2D eigenvalue weighted by Gasteiger charge is -2.17. The molecule has 25 heavy (non-hydrogen) atoms. The Morgan fingerprint density at radius 3 is 2.24 bits per heavy atom. The van der Waals surface area contributed by atoms with Crippen LogP contribution in [0, 0.1) is 0 Å². The zero-order valence-corrected chi connectivity index (χ0v) is 15.0. The second-order valence-electron chi connectivity index (χ2n) is 6.09. The third-order valence-corrected chi connectivity index (χ3v) is 5.54. The predicted molar refractivity (Wildman–Crippen MR) is 103 cm³/mol. The van der Waals surface area contributed by atoms with Crippen LogP contribution in [0.15, 0.2) is 65.6 Å². The summed E-state index contributed by atoms with van der Waals surface area (Å²) in [4.78, 5) is 2.25. The smallest absolute Gasteiger partial charge is 0.241 e. The van der Waals surface area contributed by atoms with Crippen LogP contribution in [0.2, 0.25) is 0 Å². The summed E-state index contributed by atoms with van der Waals surface area (Å²) in [6.07, 6.45) is 0. The first kappa shape index (κ1) is 17.3. The van der Waals surface area contributed by atoms with Crippen molar-refractivity contribution in [1.29, 1.82) is 0 Å². The van der Waals surface area contributed by atoms with Gasteiger partial charge in [0.25, 0.3) is 0 Å². The first-order valence-corrected chi connectivity index (χ1v) is 9.40. The molecule has 0 unspecified atom stereocenters. The van der Waals surface area contributed by atoms with E-state index >= 15 is 0 Å². The quantitative estimate of drug-likeness (QED) is 0.690. The number of rotatable bonds is 5. The Kier molecular flexibility index (Phi) is 4.65. The fourth-order valence-corrected chi connectivity index (χ4v) is 4.02. The highest BCUT2D eigenvalue weighted by molar-refractivity contribution is 7.89. The Hall–Kier alpha value is -2.57. The van der Waals surface area contributed by atoms with Gasteiger partial charge in [-0.1, -0.05) is 36.4 Å². The van der Waals surface area contributed by atoms with Gasteiger partial charge in [-0.05, 0) is 29.8 Å². The van der Waals surface area contributed by atoms with Crippen molar-refractivity contribution in [2.45, 2.75) is 11.4 Å². The molecule has 0 bridgehead atoms. The minimum absolute atomic E-state index is 0.215. The first-order valence-electron chi connectivity index (χ1n) is 7.91. The fraction of sp³-hybridized carbons (Fsp3) is 0.158. The normalized spacial score (nSPS) is 11.6. The van der Waals surface area contributed by atoms with Gasteiger partial charge < -0.3 is 10.6 Å². The number of hydrogen-bond donors (Lipinski definition) is 2. The number of nitrogens with two attached hydrogens (primary N) is 1. The van der Waals surface area contributed by atoms with Crippen LogP contribution in [-0.4, -0.2) is 22.5 Å². The van der Waals surface area contributed by atoms with Crippen molar-refractivity contribution in [2.24, 2.45) is 0 Å². The molecule has 6 heteroatoms. The van der Waals surface area contributed by atoms with Crippen molar-refractivity contribution < 1.29 is 8.42 Å². The highest BCUT2D eigenvalue weighted by Crippen LogP contribution is 2.30. The number of nitrogens with one attached hydrogen (secondary N) is 1. The molecule has 3 N–H and O–H groups in total. The Labute approximate surface area is 148 Å². The molecule has 0 heterocycles. The van der Waals surface area contributed by atoms with Gasteiger partial charge in [0.05, 0.1) is 4.90 Å². The number of nitrogen functional groups attached to an aromatic ring is 1. The predicted octanol–water partition coefficient (Wildman–Crippen LogP) is 2.97. The van der Waals surface area contributed by atoms with Crippen LogP contribution >= 0.6 is 0 Å². The van der Waals surface area contributed by atoms with Gasteiger partial charge in [0.15, 0.2) is 0 Å². The summed E-state index contributed by atoms with van der Waals surface area (Å²) in [5.41, 5.74) is 8.14. The zero-order valence-electron chi connectivity index (χ0n) is 14.2. The molecule has 0 amide bonds. The lowest BCUT2D eigenvalue weighted by Crippen LogP contribution is -2.23. The van der Waals surface area contributed by atoms with Gasteiger partial charge in [-0.25, -0.2) is 13.1 Å². The van der Waals surface area contributed by atoms with Gasteiger partial charge in [-0.15, -0.1) is 0 Å². The molecule has 0 aliphatic carbocycles. The zero-order chi connectivity index (χ0) is 18.0. The average Bonchev–Trinajstić information content (AvgIpc) is 2.60. The molecular weight excluding hydrogens is 334 g/mol. The van der Waals surface area contributed by atoms with Crippen LogP contribution in [0.1, 0.15) is 5.56 Å². The number of nitrogens with zero attached hydrogens (tertiary/aromatic N) is 1. The topological polar surface area (TPSA) is 75.4 Å². The van der Waals surface area contributed by atoms with E-state index in [1.807, 2.05) is 55.4 Å². The SMILES string of the molecule is CN(C)c1cccc2c(S(=O)(=O)NCc3ccc(N)cc3)cccc12. The lowest BCUT2D eigenvalue weighted by atomic mass is 10.1. The molecule has 0 radical (unpaired) electrons. The van der Waals surface area contributed by atoms with E-state index < -0.39 is 10.0 Å². The highest BCUT2D eigenvalue weighted by atomic mass is 32.2. The molecule has 0 fully saturated rings. The molecule has 0 aliphatic rings. The molecule has 3 aromatic rings. The Morgan fingerprint density at radius 2 is 1.56 bits per heavy atom. The van der Waals surface area contributed by atoms with E-state index in [4.69, 9.17) is 5.73 Å². The first-order chi connectivity index (χ1) is 11.9. The number of fused-ring (bicyclic) bond motifs is 1. The highest BCUT2D eigenvalue weighted by Gasteiger charge is 2.18. The summed E-state index contributed by atoms with van der Waals surface area (Å²) in [5, 5.41) is 1.61. The number of anilines is 2. The van der Waals surface area contributed by atoms with Crippen LogP contribution in [0.3, 0.4) is 0 Å². The maximum Gasteiger partial charge on any atom is 0.241 e. The Morgan fingerprint density at radius 1 is 0.920 bits per heavy atom. The second kappa shape index (κ2) is 6.74. The van der Waals surface area contributed by atoms with E-state index in [0.717, 1.165) is 16.6 Å². The monoisotopic (exact) mass is 355 g/mol. The molecule has 0 saturated heterocycles. The van der Waals surface area contributed by atoms with E-state index in [9.17, 15) is 8.42 Å². The molecule has 0 aromatic heterocycles. The molecule has 3 aromatic carbocycles. The Bertz CT molecular complexity index is 997. The molecule has 0 atom stereocenters. The largest absolute Gasteiger partial charge is 0.399 e. The molecule has 0 aliphatic heterocycles. The summed E-state index contributed by atoms with van der Waals surface area (Å²) < 4.78 is 28.3. The van der Waals surface area contributed by atoms with Gasteiger partial charge in [0.1, 0.15) is 0 Å². The number of sulfonamides is 1. The van der Waals surface area contributed by atoms with Crippen molar-refractivity contribution in [3.05, 3.63) is 66.2 Å². The minimum Gasteiger partial charge on any atom is -0.399 e. The van der Waals surface area contributed by atoms with Crippen LogP contribution in [0.4, 0.5) is 11.4 Å². The number of benzene rings is 3. The third kappa shape index (κ3) is 3.60. The van der Waals surface area contributed by atoms with Gasteiger partial charge in [0.2, 0.25) is 10.0 Å². The lowest BCUT2D eigenvalue weighted by molar-refractivity contribution is 0.582. The van der Waals surface area contributed by atoms with Crippen molar-refractivity contribution in [2.75, 3.05) is 24.7 Å². The van der Waals surface area contributed by atoms with Gasteiger partial charge in [-0.2, -0.15) is 0 Å². The van der Waals surface area contributed by atoms with E-state index in [1.54, 1.807) is 24.3 Å². The summed E-state index contributed by atoms with van der Waals surface area (Å²) in [6.45, 7) is 0.215. The summed E-state index contributed by atoms with van der Waals surface area (Å²) in [6, 6.07) is 18.1. The molecule has 130 valence electrons. The van der Waals surface area contributed by atoms with Gasteiger partial charge in [0, 0.05) is 42.8 Å². The van der Waals surface area contributed by atoms with E-state index in [2.05, 4.69) is 4.72 Å². The van der Waals surface area contributed by atoms with Gasteiger partial charge in [-0.3, -0.25) is 0 Å². The van der Waals surface area contributed by atoms with Crippen molar-refractivity contribution in [3.8, 4) is 0 Å². The minimum atomic E-state index is -3.64. The van der Waals surface area contributed by atoms with E-state index in [1.165, 1.54) is 0 Å². The molecular formula is C19H21N3O2S. The van der Waals surface area contributed by atoms with Crippen LogP contribution < -0.4 is 15.4 Å². The average molecular weight is 355 g/mol. The van der Waals surface area contributed by atoms with Gasteiger partial charge >= 0.3 is 0 Å². The summed E-state index contributed by atoms with van der Waals surface area (Å²) in [7, 11) is 0.242. The molecule has 3 rings (SSSR count). The summed E-state index contributed by atoms with van der Waals surface area (Å²) in [5.74, 6) is 0. The second-order valence-corrected chi connectivity index (χ2v) is 7.82. The third-order valence-electron chi connectivity index (χ3n) is 4.08. The summed E-state index contributed by atoms with van der Waals surface area (Å²) >= 11 is 0. The fourth-order valence-electron chi connectivity index (χ4n) is 2.78. The van der Waals surface area contributed by atoms with Crippen LogP contribution in [-0.2, 0) is 16.6 Å². The van der Waals surface area contributed by atoms with E-state index in [-0.39, 0.29) is 11.4 Å². The van der Waals surface area contributed by atoms with Crippen molar-refractivity contribution in [3.63, 3.8) is 0 Å². The van der Waals surface area contributed by atoms with E-state index in [0.29, 0.717) is 11.1 Å². The Balaban J connectivity index is 1.97. The standard InChI is InChI=1S/C19H21N3O2S/c1-22(2)18-7-3-6-17-16(18)5-4-8-19(17)25(23,24)21-13-14-9-11-15(20)12-10-14/h3-12,21H,13,20H2,1-2H3. The molecule has 0 saturated carbocycles. The van der Waals surface area contributed by atoms with Crippen molar-refractivity contribution >= 4 is 32.2 Å². The number of hydrogen-bond acceptors (Lipinski definition) is 4. The maximum absolute atomic E-state index is 12.8.